The highest BCUT2D eigenvalue weighted by Gasteiger charge is 2.34. The molecule has 0 aliphatic carbocycles. The SMILES string of the molecule is C=C(C)c1cc2[nH]cc(C(C)(C)C)c2cc1C(F)(F)F.[HH]. The Bertz CT molecular complexity index is 675. The van der Waals surface area contributed by atoms with Gasteiger partial charge in [0.15, 0.2) is 0 Å². The molecule has 20 heavy (non-hydrogen) atoms. The molecule has 110 valence electrons. The Morgan fingerprint density at radius 1 is 1.15 bits per heavy atom. The van der Waals surface area contributed by atoms with Gasteiger partial charge in [-0.3, -0.25) is 0 Å². The second kappa shape index (κ2) is 4.40. The molecule has 1 nitrogen and oxygen atoms in total. The third-order valence-electron chi connectivity index (χ3n) is 3.39. The zero-order chi connectivity index (χ0) is 15.3. The van der Waals surface area contributed by atoms with Gasteiger partial charge in [0.05, 0.1) is 5.56 Å². The molecule has 0 saturated carbocycles. The predicted molar refractivity (Wildman–Crippen MR) is 78.8 cm³/mol. The van der Waals surface area contributed by atoms with Gasteiger partial charge in [-0.25, -0.2) is 0 Å². The number of nitrogens with one attached hydrogen (secondary N) is 1. The van der Waals surface area contributed by atoms with E-state index in [0.717, 1.165) is 5.56 Å². The van der Waals surface area contributed by atoms with Crippen LogP contribution in [0.1, 0.15) is 45.8 Å². The third-order valence-corrected chi connectivity index (χ3v) is 3.39. The van der Waals surface area contributed by atoms with Gasteiger partial charge in [0.1, 0.15) is 0 Å². The molecular weight excluding hydrogens is 263 g/mol. The number of hydrogen-bond donors (Lipinski definition) is 1. The van der Waals surface area contributed by atoms with Gasteiger partial charge >= 0.3 is 6.18 Å². The molecule has 0 fully saturated rings. The van der Waals surface area contributed by atoms with Crippen molar-refractivity contribution in [2.45, 2.75) is 39.3 Å². The number of aromatic amines is 1. The number of aromatic nitrogens is 1. The van der Waals surface area contributed by atoms with Crippen molar-refractivity contribution < 1.29 is 14.6 Å². The summed E-state index contributed by atoms with van der Waals surface area (Å²) >= 11 is 0. The van der Waals surface area contributed by atoms with E-state index < -0.39 is 11.7 Å². The lowest BCUT2D eigenvalue weighted by molar-refractivity contribution is -0.137. The molecular formula is C16H20F3N. The molecule has 1 N–H and O–H groups in total. The second-order valence-electron chi connectivity index (χ2n) is 6.17. The van der Waals surface area contributed by atoms with E-state index in [9.17, 15) is 13.2 Å². The zero-order valence-electron chi connectivity index (χ0n) is 12.1. The van der Waals surface area contributed by atoms with E-state index in [1.807, 2.05) is 20.8 Å². The van der Waals surface area contributed by atoms with Gasteiger partial charge in [-0.15, -0.1) is 0 Å². The molecule has 0 atom stereocenters. The molecule has 0 bridgehead atoms. The topological polar surface area (TPSA) is 15.8 Å². The van der Waals surface area contributed by atoms with Crippen molar-refractivity contribution in [1.82, 2.24) is 4.98 Å². The maximum absolute atomic E-state index is 13.2. The Labute approximate surface area is 118 Å². The molecule has 2 rings (SSSR count). The lowest BCUT2D eigenvalue weighted by Crippen LogP contribution is -2.11. The number of hydrogen-bond acceptors (Lipinski definition) is 0. The van der Waals surface area contributed by atoms with Gasteiger partial charge in [-0.05, 0) is 35.6 Å². The molecule has 0 amide bonds. The molecule has 1 aromatic heterocycles. The Morgan fingerprint density at radius 3 is 2.20 bits per heavy atom. The first-order valence-corrected chi connectivity index (χ1v) is 6.40. The molecule has 0 aliphatic heterocycles. The monoisotopic (exact) mass is 283 g/mol. The van der Waals surface area contributed by atoms with Crippen LogP contribution in [0.3, 0.4) is 0 Å². The summed E-state index contributed by atoms with van der Waals surface area (Å²) in [5.41, 5.74) is 1.31. The van der Waals surface area contributed by atoms with Crippen LogP contribution in [0.2, 0.25) is 0 Å². The minimum absolute atomic E-state index is 0. The summed E-state index contributed by atoms with van der Waals surface area (Å²) < 4.78 is 39.7. The van der Waals surface area contributed by atoms with E-state index in [1.165, 1.54) is 12.1 Å². The second-order valence-corrected chi connectivity index (χ2v) is 6.17. The normalized spacial score (nSPS) is 12.9. The summed E-state index contributed by atoms with van der Waals surface area (Å²) in [5, 5.41) is 0.620. The summed E-state index contributed by atoms with van der Waals surface area (Å²) in [6, 6.07) is 2.77. The number of halogens is 3. The molecule has 1 aromatic carbocycles. The average molecular weight is 283 g/mol. The highest BCUT2D eigenvalue weighted by atomic mass is 19.4. The molecule has 0 radical (unpaired) electrons. The fourth-order valence-electron chi connectivity index (χ4n) is 2.38. The number of allylic oxidation sites excluding steroid dienone is 1. The van der Waals surface area contributed by atoms with Gasteiger partial charge in [0, 0.05) is 18.5 Å². The highest BCUT2D eigenvalue weighted by Crippen LogP contribution is 2.39. The molecule has 4 heteroatoms. The van der Waals surface area contributed by atoms with E-state index in [1.54, 1.807) is 13.1 Å². The van der Waals surface area contributed by atoms with Gasteiger partial charge in [-0.1, -0.05) is 32.9 Å². The van der Waals surface area contributed by atoms with Crippen LogP contribution in [-0.4, -0.2) is 4.98 Å². The largest absolute Gasteiger partial charge is 0.417 e. The molecule has 0 spiro atoms. The Hall–Kier alpha value is -1.71. The molecule has 0 aliphatic rings. The minimum Gasteiger partial charge on any atom is -0.361 e. The van der Waals surface area contributed by atoms with Crippen LogP contribution in [0.25, 0.3) is 16.5 Å². The first-order chi connectivity index (χ1) is 9.01. The van der Waals surface area contributed by atoms with Crippen molar-refractivity contribution in [2.24, 2.45) is 0 Å². The maximum atomic E-state index is 13.2. The number of alkyl halides is 3. The smallest absolute Gasteiger partial charge is 0.361 e. The van der Waals surface area contributed by atoms with Crippen LogP contribution in [-0.2, 0) is 11.6 Å². The van der Waals surface area contributed by atoms with Gasteiger partial charge in [0.2, 0.25) is 0 Å². The van der Waals surface area contributed by atoms with Crippen LogP contribution in [0.4, 0.5) is 13.2 Å². The molecule has 0 saturated heterocycles. The Morgan fingerprint density at radius 2 is 1.75 bits per heavy atom. The summed E-state index contributed by atoms with van der Waals surface area (Å²) in [7, 11) is 0. The van der Waals surface area contributed by atoms with Gasteiger partial charge < -0.3 is 4.98 Å². The zero-order valence-corrected chi connectivity index (χ0v) is 12.1. The summed E-state index contributed by atoms with van der Waals surface area (Å²) in [6.07, 6.45) is -2.60. The average Bonchev–Trinajstić information content (AvgIpc) is 2.67. The molecule has 2 aromatic rings. The maximum Gasteiger partial charge on any atom is 0.417 e. The van der Waals surface area contributed by atoms with Crippen molar-refractivity contribution in [2.75, 3.05) is 0 Å². The van der Waals surface area contributed by atoms with E-state index in [4.69, 9.17) is 0 Å². The minimum atomic E-state index is -4.38. The van der Waals surface area contributed by atoms with Crippen LogP contribution in [0, 0.1) is 0 Å². The van der Waals surface area contributed by atoms with Crippen LogP contribution in [0.5, 0.6) is 0 Å². The molecule has 0 unspecified atom stereocenters. The molecule has 1 heterocycles. The fraction of sp³-hybridized carbons (Fsp3) is 0.375. The Balaban J connectivity index is 0.00000220. The first-order valence-electron chi connectivity index (χ1n) is 6.40. The van der Waals surface area contributed by atoms with Crippen LogP contribution >= 0.6 is 0 Å². The van der Waals surface area contributed by atoms with Crippen molar-refractivity contribution in [3.63, 3.8) is 0 Å². The van der Waals surface area contributed by atoms with E-state index in [-0.39, 0.29) is 12.4 Å². The van der Waals surface area contributed by atoms with E-state index >= 15 is 0 Å². The first kappa shape index (κ1) is 14.7. The van der Waals surface area contributed by atoms with Crippen molar-refractivity contribution >= 4 is 16.5 Å². The third kappa shape index (κ3) is 2.47. The summed E-state index contributed by atoms with van der Waals surface area (Å²) in [5.74, 6) is 0. The van der Waals surface area contributed by atoms with Crippen molar-refractivity contribution in [1.29, 1.82) is 0 Å². The van der Waals surface area contributed by atoms with Gasteiger partial charge in [0.25, 0.3) is 0 Å². The van der Waals surface area contributed by atoms with E-state index in [2.05, 4.69) is 11.6 Å². The lowest BCUT2D eigenvalue weighted by Gasteiger charge is -2.19. The standard InChI is InChI=1S/C16H18F3N.H2/c1-9(2)10-7-14-11(6-12(10)16(17,18)19)13(8-20-14)15(3,4)5;/h6-8,20H,1H2,2-5H3;1H. The number of rotatable bonds is 1. The van der Waals surface area contributed by atoms with Gasteiger partial charge in [-0.2, -0.15) is 13.2 Å². The number of H-pyrrole nitrogens is 1. The van der Waals surface area contributed by atoms with Crippen molar-refractivity contribution in [3.05, 3.63) is 41.6 Å². The summed E-state index contributed by atoms with van der Waals surface area (Å²) in [6.45, 7) is 11.2. The lowest BCUT2D eigenvalue weighted by atomic mass is 9.86. The quantitative estimate of drug-likeness (QED) is 0.684. The van der Waals surface area contributed by atoms with E-state index in [0.29, 0.717) is 16.5 Å². The number of benzene rings is 1. The fourth-order valence-corrected chi connectivity index (χ4v) is 2.38. The van der Waals surface area contributed by atoms with Crippen molar-refractivity contribution in [3.8, 4) is 0 Å². The van der Waals surface area contributed by atoms with Crippen LogP contribution in [0.15, 0.2) is 24.9 Å². The Kier molecular flexibility index (Phi) is 3.23. The predicted octanol–water partition coefficient (Wildman–Crippen LogP) is 5.76. The highest BCUT2D eigenvalue weighted by molar-refractivity contribution is 5.88. The number of fused-ring (bicyclic) bond motifs is 1. The van der Waals surface area contributed by atoms with Crippen LogP contribution < -0.4 is 0 Å². The summed E-state index contributed by atoms with van der Waals surface area (Å²) in [4.78, 5) is 3.06.